The minimum Gasteiger partial charge on any atom is -0.480 e. The van der Waals surface area contributed by atoms with Crippen LogP contribution in [0.3, 0.4) is 0 Å². The number of carboxylic acids is 1. The number of hydrogen-bond donors (Lipinski definition) is 1. The van der Waals surface area contributed by atoms with Crippen molar-refractivity contribution < 1.29 is 18.3 Å². The van der Waals surface area contributed by atoms with Gasteiger partial charge in [0.05, 0.1) is 0 Å². The van der Waals surface area contributed by atoms with E-state index in [-0.39, 0.29) is 6.42 Å². The number of carbonyl (C=O) groups is 1. The molecule has 4 nitrogen and oxygen atoms in total. The van der Waals surface area contributed by atoms with Gasteiger partial charge in [-0.1, -0.05) is 42.1 Å². The number of rotatable bonds is 7. The fraction of sp³-hybridized carbons (Fsp3) is 0.278. The zero-order valence-electron chi connectivity index (χ0n) is 13.6. The third-order valence-electron chi connectivity index (χ3n) is 4.06. The molecule has 0 aliphatic rings. The molecule has 0 aliphatic carbocycles. The zero-order valence-corrected chi connectivity index (χ0v) is 15.2. The first-order valence-electron chi connectivity index (χ1n) is 7.47. The van der Waals surface area contributed by atoms with Gasteiger partial charge in [-0.25, -0.2) is 8.42 Å². The summed E-state index contributed by atoms with van der Waals surface area (Å²) in [6.45, 7) is 1.27. The number of hydrogen-bond acceptors (Lipinski definition) is 4. The molecule has 0 bridgehead atoms. The molecule has 0 aromatic heterocycles. The van der Waals surface area contributed by atoms with Crippen LogP contribution in [-0.4, -0.2) is 30.5 Å². The molecule has 0 saturated carbocycles. The van der Waals surface area contributed by atoms with Gasteiger partial charge in [-0.3, -0.25) is 4.79 Å². The minimum atomic E-state index is -3.69. The lowest BCUT2D eigenvalue weighted by molar-refractivity contribution is -0.139. The molecule has 2 aromatic carbocycles. The fourth-order valence-electron chi connectivity index (χ4n) is 2.18. The molecular weight excluding hydrogens is 344 g/mol. The van der Waals surface area contributed by atoms with Gasteiger partial charge >= 0.3 is 5.97 Å². The lowest BCUT2D eigenvalue weighted by Gasteiger charge is -2.22. The first-order valence-corrected chi connectivity index (χ1v) is 10.2. The molecule has 128 valence electrons. The number of carboxylic acid groups (broad SMARTS) is 1. The maximum absolute atomic E-state index is 11.8. The minimum absolute atomic E-state index is 0.0480. The van der Waals surface area contributed by atoms with Gasteiger partial charge in [0.25, 0.3) is 0 Å². The Balaban J connectivity index is 2.05. The van der Waals surface area contributed by atoms with Gasteiger partial charge in [-0.05, 0) is 49.6 Å². The molecule has 0 spiro atoms. The summed E-state index contributed by atoms with van der Waals surface area (Å²) in [5.74, 6) is -1.30. The van der Waals surface area contributed by atoms with Gasteiger partial charge in [-0.2, -0.15) is 0 Å². The van der Waals surface area contributed by atoms with Crippen LogP contribution in [0.1, 0.15) is 18.9 Å². The van der Waals surface area contributed by atoms with Crippen LogP contribution < -0.4 is 0 Å². The Morgan fingerprint density at radius 2 is 1.58 bits per heavy atom. The molecule has 0 fully saturated rings. The first kappa shape index (κ1) is 18.5. The predicted molar refractivity (Wildman–Crippen MR) is 96.2 cm³/mol. The summed E-state index contributed by atoms with van der Waals surface area (Å²) < 4.78 is 21.8. The van der Waals surface area contributed by atoms with Gasteiger partial charge in [-0.15, -0.1) is 0 Å². The van der Waals surface area contributed by atoms with Gasteiger partial charge in [0.15, 0.2) is 14.6 Å². The summed E-state index contributed by atoms with van der Waals surface area (Å²) in [5, 5.41) is 9.27. The predicted octanol–water partition coefficient (Wildman–Crippen LogP) is 3.66. The van der Waals surface area contributed by atoms with Crippen molar-refractivity contribution in [2.24, 2.45) is 0 Å². The van der Waals surface area contributed by atoms with Crippen LogP contribution in [0.2, 0.25) is 0 Å². The molecular formula is C18H20O4S2. The fourth-order valence-corrected chi connectivity index (χ4v) is 3.81. The largest absolute Gasteiger partial charge is 0.480 e. The molecule has 0 saturated heterocycles. The molecule has 6 heteroatoms. The van der Waals surface area contributed by atoms with E-state index in [1.165, 1.54) is 6.92 Å². The Morgan fingerprint density at radius 1 is 1.04 bits per heavy atom. The van der Waals surface area contributed by atoms with E-state index in [0.29, 0.717) is 6.42 Å². The van der Waals surface area contributed by atoms with Crippen molar-refractivity contribution in [2.45, 2.75) is 34.3 Å². The van der Waals surface area contributed by atoms with Crippen molar-refractivity contribution >= 4 is 27.6 Å². The highest BCUT2D eigenvalue weighted by Gasteiger charge is 2.43. The highest BCUT2D eigenvalue weighted by molar-refractivity contribution is 7.99. The molecule has 0 amide bonds. The lowest BCUT2D eigenvalue weighted by Crippen LogP contribution is -2.43. The van der Waals surface area contributed by atoms with Crippen molar-refractivity contribution in [3.05, 3.63) is 60.2 Å². The van der Waals surface area contributed by atoms with E-state index in [0.717, 1.165) is 21.6 Å². The van der Waals surface area contributed by atoms with Crippen LogP contribution in [0, 0.1) is 0 Å². The second-order valence-corrected chi connectivity index (χ2v) is 9.46. The molecule has 0 aliphatic heterocycles. The maximum Gasteiger partial charge on any atom is 0.324 e. The summed E-state index contributed by atoms with van der Waals surface area (Å²) in [5.41, 5.74) is 0.920. The summed E-state index contributed by atoms with van der Waals surface area (Å²) in [6.07, 6.45) is 1.42. The molecule has 2 rings (SSSR count). The topological polar surface area (TPSA) is 71.4 Å². The van der Waals surface area contributed by atoms with Crippen LogP contribution in [0.25, 0.3) is 0 Å². The Morgan fingerprint density at radius 3 is 2.08 bits per heavy atom. The molecule has 24 heavy (non-hydrogen) atoms. The van der Waals surface area contributed by atoms with Crippen LogP contribution in [0.5, 0.6) is 0 Å². The van der Waals surface area contributed by atoms with Crippen molar-refractivity contribution in [3.63, 3.8) is 0 Å². The standard InChI is InChI=1S/C18H20O4S2/c1-18(17(19)20,24(2,21)22)13-12-14-8-10-16(11-9-14)23-15-6-4-3-5-7-15/h3-11H,12-13H2,1-2H3,(H,19,20). The average Bonchev–Trinajstić information content (AvgIpc) is 2.53. The second-order valence-electron chi connectivity index (χ2n) is 5.87. The van der Waals surface area contributed by atoms with Crippen LogP contribution >= 0.6 is 11.8 Å². The Hall–Kier alpha value is -1.79. The van der Waals surface area contributed by atoms with E-state index in [2.05, 4.69) is 0 Å². The Bertz CT molecular complexity index is 799. The van der Waals surface area contributed by atoms with Crippen molar-refractivity contribution in [3.8, 4) is 0 Å². The third kappa shape index (κ3) is 4.39. The van der Waals surface area contributed by atoms with Crippen molar-refractivity contribution in [1.29, 1.82) is 0 Å². The molecule has 1 unspecified atom stereocenters. The molecule has 1 N–H and O–H groups in total. The summed E-state index contributed by atoms with van der Waals surface area (Å²) in [4.78, 5) is 13.6. The molecule has 0 radical (unpaired) electrons. The van der Waals surface area contributed by atoms with E-state index in [9.17, 15) is 18.3 Å². The van der Waals surface area contributed by atoms with Crippen LogP contribution in [-0.2, 0) is 21.1 Å². The number of aryl methyl sites for hydroxylation is 1. The SMILES string of the molecule is CC(CCc1ccc(Sc2ccccc2)cc1)(C(=O)O)S(C)(=O)=O. The average molecular weight is 364 g/mol. The van der Waals surface area contributed by atoms with E-state index in [1.807, 2.05) is 54.6 Å². The van der Waals surface area contributed by atoms with E-state index in [1.54, 1.807) is 11.8 Å². The van der Waals surface area contributed by atoms with Crippen molar-refractivity contribution in [2.75, 3.05) is 6.26 Å². The van der Waals surface area contributed by atoms with Gasteiger partial charge in [0, 0.05) is 16.0 Å². The van der Waals surface area contributed by atoms with Gasteiger partial charge in [0.2, 0.25) is 0 Å². The monoisotopic (exact) mass is 364 g/mol. The number of sulfone groups is 1. The summed E-state index contributed by atoms with van der Waals surface area (Å²) in [7, 11) is -3.69. The Kier molecular flexibility index (Phi) is 5.72. The molecule has 2 aromatic rings. The molecule has 0 heterocycles. The molecule has 1 atom stereocenters. The van der Waals surface area contributed by atoms with E-state index >= 15 is 0 Å². The maximum atomic E-state index is 11.8. The zero-order chi connectivity index (χ0) is 17.8. The third-order valence-corrected chi connectivity index (χ3v) is 7.10. The lowest BCUT2D eigenvalue weighted by atomic mass is 10.0. The number of aliphatic carboxylic acids is 1. The van der Waals surface area contributed by atoms with E-state index in [4.69, 9.17) is 0 Å². The smallest absolute Gasteiger partial charge is 0.324 e. The van der Waals surface area contributed by atoms with Crippen LogP contribution in [0.4, 0.5) is 0 Å². The second kappa shape index (κ2) is 7.40. The number of benzene rings is 2. The van der Waals surface area contributed by atoms with Crippen LogP contribution in [0.15, 0.2) is 64.4 Å². The van der Waals surface area contributed by atoms with E-state index < -0.39 is 20.6 Å². The highest BCUT2D eigenvalue weighted by atomic mass is 32.2. The highest BCUT2D eigenvalue weighted by Crippen LogP contribution is 2.28. The Labute approximate surface area is 146 Å². The quantitative estimate of drug-likeness (QED) is 0.812. The summed E-state index contributed by atoms with van der Waals surface area (Å²) >= 11 is 1.64. The van der Waals surface area contributed by atoms with Gasteiger partial charge in [0.1, 0.15) is 0 Å². The normalized spacial score (nSPS) is 14.1. The summed E-state index contributed by atoms with van der Waals surface area (Å²) in [6, 6.07) is 17.7. The van der Waals surface area contributed by atoms with Gasteiger partial charge < -0.3 is 5.11 Å². The first-order chi connectivity index (χ1) is 11.2. The van der Waals surface area contributed by atoms with Crippen molar-refractivity contribution in [1.82, 2.24) is 0 Å².